The summed E-state index contributed by atoms with van der Waals surface area (Å²) in [6.45, 7) is 0. The third kappa shape index (κ3) is 3.23. The van der Waals surface area contributed by atoms with E-state index in [1.807, 2.05) is 6.07 Å². The summed E-state index contributed by atoms with van der Waals surface area (Å²) in [7, 11) is 0. The zero-order chi connectivity index (χ0) is 15.5. The number of rotatable bonds is 3. The summed E-state index contributed by atoms with van der Waals surface area (Å²) in [4.78, 5) is 12.2. The number of anilines is 1. The molecule has 22 heavy (non-hydrogen) atoms. The molecule has 1 heterocycles. The van der Waals surface area contributed by atoms with Gasteiger partial charge in [0.1, 0.15) is 5.82 Å². The Hall–Kier alpha value is -2.06. The van der Waals surface area contributed by atoms with Gasteiger partial charge in [0.15, 0.2) is 11.4 Å². The number of carbonyl (C=O) groups is 1. The highest BCUT2D eigenvalue weighted by Gasteiger charge is 2.12. The summed E-state index contributed by atoms with van der Waals surface area (Å²) < 4.78 is 21.9. The minimum atomic E-state index is -0.525. The normalized spacial score (nSPS) is 10.6. The van der Waals surface area contributed by atoms with Crippen molar-refractivity contribution in [3.63, 3.8) is 0 Å². The molecule has 0 aliphatic heterocycles. The SMILES string of the molecule is O=C(NSc1ccccc1F)Nc1noc2ccc(Br)cc12. The Labute approximate surface area is 137 Å². The van der Waals surface area contributed by atoms with E-state index >= 15 is 0 Å². The first kappa shape index (κ1) is 14.9. The quantitative estimate of drug-likeness (QED) is 0.652. The number of carbonyl (C=O) groups excluding carboxylic acids is 1. The number of hydrogen-bond acceptors (Lipinski definition) is 4. The van der Waals surface area contributed by atoms with Crippen molar-refractivity contribution in [3.8, 4) is 0 Å². The number of halogens is 2. The van der Waals surface area contributed by atoms with E-state index < -0.39 is 11.8 Å². The van der Waals surface area contributed by atoms with Gasteiger partial charge >= 0.3 is 6.03 Å². The third-order valence-electron chi connectivity index (χ3n) is 2.75. The molecule has 0 atom stereocenters. The van der Waals surface area contributed by atoms with E-state index in [1.54, 1.807) is 30.3 Å². The lowest BCUT2D eigenvalue weighted by molar-refractivity contribution is 0.257. The van der Waals surface area contributed by atoms with Crippen LogP contribution in [0, 0.1) is 5.82 Å². The maximum atomic E-state index is 13.4. The fourth-order valence-electron chi connectivity index (χ4n) is 1.76. The number of amides is 2. The van der Waals surface area contributed by atoms with Crippen LogP contribution in [0.3, 0.4) is 0 Å². The van der Waals surface area contributed by atoms with Gasteiger partial charge in [-0.25, -0.2) is 9.18 Å². The van der Waals surface area contributed by atoms with Crippen LogP contribution in [0.5, 0.6) is 0 Å². The Kier molecular flexibility index (Phi) is 4.30. The van der Waals surface area contributed by atoms with Gasteiger partial charge in [0.2, 0.25) is 0 Å². The zero-order valence-electron chi connectivity index (χ0n) is 11.0. The average molecular weight is 382 g/mol. The van der Waals surface area contributed by atoms with Crippen molar-refractivity contribution >= 4 is 50.7 Å². The Bertz CT molecular complexity index is 840. The van der Waals surface area contributed by atoms with Crippen LogP contribution in [0.15, 0.2) is 56.4 Å². The molecular formula is C14H9BrFN3O2S. The molecule has 2 amide bonds. The van der Waals surface area contributed by atoms with Gasteiger partial charge in [-0.3, -0.25) is 10.0 Å². The van der Waals surface area contributed by atoms with Gasteiger partial charge < -0.3 is 4.52 Å². The smallest absolute Gasteiger partial charge is 0.330 e. The predicted molar refractivity (Wildman–Crippen MR) is 86.1 cm³/mol. The largest absolute Gasteiger partial charge is 0.354 e. The van der Waals surface area contributed by atoms with E-state index in [1.165, 1.54) is 6.07 Å². The predicted octanol–water partition coefficient (Wildman–Crippen LogP) is 4.56. The van der Waals surface area contributed by atoms with E-state index in [2.05, 4.69) is 31.1 Å². The van der Waals surface area contributed by atoms with E-state index in [-0.39, 0.29) is 0 Å². The van der Waals surface area contributed by atoms with Crippen molar-refractivity contribution in [1.82, 2.24) is 9.88 Å². The summed E-state index contributed by atoms with van der Waals surface area (Å²) >= 11 is 4.22. The molecule has 2 aromatic carbocycles. The summed E-state index contributed by atoms with van der Waals surface area (Å²) in [5.41, 5.74) is 0.556. The van der Waals surface area contributed by atoms with Crippen molar-refractivity contribution in [2.24, 2.45) is 0 Å². The minimum Gasteiger partial charge on any atom is -0.354 e. The van der Waals surface area contributed by atoms with E-state index in [9.17, 15) is 9.18 Å². The van der Waals surface area contributed by atoms with Gasteiger partial charge in [0.05, 0.1) is 10.3 Å². The van der Waals surface area contributed by atoms with E-state index in [4.69, 9.17) is 4.52 Å². The van der Waals surface area contributed by atoms with Crippen LogP contribution in [0.25, 0.3) is 11.0 Å². The highest BCUT2D eigenvalue weighted by molar-refractivity contribution is 9.10. The molecule has 0 saturated heterocycles. The van der Waals surface area contributed by atoms with Gasteiger partial charge in [-0.05, 0) is 42.3 Å². The molecule has 112 valence electrons. The fourth-order valence-corrected chi connectivity index (χ4v) is 2.69. The Morgan fingerprint density at radius 1 is 1.27 bits per heavy atom. The fraction of sp³-hybridized carbons (Fsp3) is 0. The Morgan fingerprint density at radius 2 is 2.09 bits per heavy atom. The van der Waals surface area contributed by atoms with E-state index in [0.717, 1.165) is 16.4 Å². The highest BCUT2D eigenvalue weighted by Crippen LogP contribution is 2.26. The molecule has 3 rings (SSSR count). The van der Waals surface area contributed by atoms with Crippen molar-refractivity contribution in [2.75, 3.05) is 5.32 Å². The number of nitrogens with one attached hydrogen (secondary N) is 2. The molecule has 1 aromatic heterocycles. The molecule has 0 fully saturated rings. The maximum absolute atomic E-state index is 13.4. The lowest BCUT2D eigenvalue weighted by Gasteiger charge is -2.05. The number of hydrogen-bond donors (Lipinski definition) is 2. The second kappa shape index (κ2) is 6.37. The zero-order valence-corrected chi connectivity index (χ0v) is 13.4. The molecule has 0 unspecified atom stereocenters. The molecule has 0 aliphatic carbocycles. The van der Waals surface area contributed by atoms with Crippen LogP contribution in [0.4, 0.5) is 15.0 Å². The van der Waals surface area contributed by atoms with Gasteiger partial charge in [-0.1, -0.05) is 33.2 Å². The topological polar surface area (TPSA) is 67.2 Å². The van der Waals surface area contributed by atoms with Crippen LogP contribution in [-0.2, 0) is 0 Å². The Balaban J connectivity index is 1.68. The Morgan fingerprint density at radius 3 is 2.91 bits per heavy atom. The van der Waals surface area contributed by atoms with Crippen molar-refractivity contribution in [3.05, 3.63) is 52.8 Å². The molecule has 0 bridgehead atoms. The lowest BCUT2D eigenvalue weighted by atomic mass is 10.2. The molecule has 8 heteroatoms. The molecule has 0 spiro atoms. The van der Waals surface area contributed by atoms with Gasteiger partial charge in [-0.15, -0.1) is 0 Å². The number of aromatic nitrogens is 1. The minimum absolute atomic E-state index is 0.294. The molecule has 2 N–H and O–H groups in total. The number of benzene rings is 2. The maximum Gasteiger partial charge on any atom is 0.330 e. The standard InChI is InChI=1S/C14H9BrFN3O2S/c15-8-5-6-11-9(7-8)13(18-21-11)17-14(20)19-22-12-4-2-1-3-10(12)16/h1-7H,(H2,17,18,19,20). The first-order valence-corrected chi connectivity index (χ1v) is 7.78. The number of urea groups is 1. The highest BCUT2D eigenvalue weighted by atomic mass is 79.9. The molecule has 0 saturated carbocycles. The third-order valence-corrected chi connectivity index (χ3v) is 4.09. The average Bonchev–Trinajstić information content (AvgIpc) is 2.89. The first-order valence-electron chi connectivity index (χ1n) is 6.17. The second-order valence-corrected chi connectivity index (χ2v) is 6.02. The van der Waals surface area contributed by atoms with Gasteiger partial charge in [-0.2, -0.15) is 0 Å². The van der Waals surface area contributed by atoms with Crippen molar-refractivity contribution in [2.45, 2.75) is 4.90 Å². The molecule has 0 radical (unpaired) electrons. The van der Waals surface area contributed by atoms with E-state index in [0.29, 0.717) is 21.7 Å². The van der Waals surface area contributed by atoms with Crippen LogP contribution in [-0.4, -0.2) is 11.2 Å². The number of nitrogens with zero attached hydrogens (tertiary/aromatic N) is 1. The molecule has 0 aliphatic rings. The van der Waals surface area contributed by atoms with Crippen LogP contribution in [0.2, 0.25) is 0 Å². The monoisotopic (exact) mass is 381 g/mol. The molecular weight excluding hydrogens is 373 g/mol. The summed E-state index contributed by atoms with van der Waals surface area (Å²) in [6, 6.07) is 11.0. The summed E-state index contributed by atoms with van der Waals surface area (Å²) in [6.07, 6.45) is 0. The van der Waals surface area contributed by atoms with Crippen molar-refractivity contribution < 1.29 is 13.7 Å². The van der Waals surface area contributed by atoms with Crippen LogP contribution in [0.1, 0.15) is 0 Å². The van der Waals surface area contributed by atoms with Crippen LogP contribution < -0.4 is 10.0 Å². The van der Waals surface area contributed by atoms with Gasteiger partial charge in [0, 0.05) is 4.47 Å². The number of fused-ring (bicyclic) bond motifs is 1. The summed E-state index contributed by atoms with van der Waals surface area (Å²) in [5, 5.41) is 7.03. The lowest BCUT2D eigenvalue weighted by Crippen LogP contribution is -2.23. The second-order valence-electron chi connectivity index (χ2n) is 4.26. The molecule has 5 nitrogen and oxygen atoms in total. The van der Waals surface area contributed by atoms with Gasteiger partial charge in [0.25, 0.3) is 0 Å². The van der Waals surface area contributed by atoms with Crippen molar-refractivity contribution in [1.29, 1.82) is 0 Å². The summed E-state index contributed by atoms with van der Waals surface area (Å²) in [5.74, 6) is -0.105. The first-order chi connectivity index (χ1) is 10.6. The molecule has 3 aromatic rings. The van der Waals surface area contributed by atoms with Crippen LogP contribution >= 0.6 is 27.9 Å².